The second-order valence-corrected chi connectivity index (χ2v) is 8.58. The summed E-state index contributed by atoms with van der Waals surface area (Å²) < 4.78 is 13.1. The number of aryl methyl sites for hydroxylation is 1. The van der Waals surface area contributed by atoms with Crippen LogP contribution in [0.4, 0.5) is 16.0 Å². The van der Waals surface area contributed by atoms with Crippen molar-refractivity contribution >= 4 is 17.5 Å². The van der Waals surface area contributed by atoms with Crippen LogP contribution in [0.25, 0.3) is 0 Å². The summed E-state index contributed by atoms with van der Waals surface area (Å²) in [5.41, 5.74) is 2.41. The number of carbonyl (C=O) groups excluding carboxylic acids is 1. The summed E-state index contributed by atoms with van der Waals surface area (Å²) in [4.78, 5) is 24.3. The van der Waals surface area contributed by atoms with Crippen LogP contribution < -0.4 is 5.32 Å². The zero-order valence-corrected chi connectivity index (χ0v) is 18.1. The molecule has 1 aliphatic heterocycles. The molecule has 0 aliphatic carbocycles. The van der Waals surface area contributed by atoms with Crippen LogP contribution >= 0.6 is 0 Å². The first-order valence-electron chi connectivity index (χ1n) is 10.6. The van der Waals surface area contributed by atoms with E-state index in [4.69, 9.17) is 4.98 Å². The van der Waals surface area contributed by atoms with Crippen molar-refractivity contribution in [3.05, 3.63) is 83.4 Å². The number of carbonyl (C=O) groups is 1. The van der Waals surface area contributed by atoms with Gasteiger partial charge in [-0.3, -0.25) is 4.79 Å². The maximum atomic E-state index is 13.6. The van der Waals surface area contributed by atoms with Gasteiger partial charge in [0.2, 0.25) is 5.91 Å². The fraction of sp³-hybridized carbons (Fsp3) is 0.320. The Bertz CT molecular complexity index is 1060. The molecule has 0 unspecified atom stereocenters. The summed E-state index contributed by atoms with van der Waals surface area (Å²) in [5, 5.41) is 3.11. The molecule has 0 saturated carbocycles. The Labute approximate surface area is 182 Å². The second kappa shape index (κ2) is 8.46. The van der Waals surface area contributed by atoms with Gasteiger partial charge < -0.3 is 10.2 Å². The zero-order chi connectivity index (χ0) is 22.0. The molecule has 2 aromatic heterocycles. The highest BCUT2D eigenvalue weighted by molar-refractivity contribution is 5.88. The Hall–Kier alpha value is -3.28. The van der Waals surface area contributed by atoms with Gasteiger partial charge in [-0.2, -0.15) is 0 Å². The molecule has 0 bridgehead atoms. The molecule has 160 valence electrons. The third-order valence-corrected chi connectivity index (χ3v) is 5.92. The van der Waals surface area contributed by atoms with E-state index in [9.17, 15) is 9.18 Å². The van der Waals surface area contributed by atoms with Crippen molar-refractivity contribution in [3.63, 3.8) is 0 Å². The molecule has 3 aromatic rings. The number of nitrogens with zero attached hydrogens (tertiary/aromatic N) is 3. The van der Waals surface area contributed by atoms with Crippen molar-refractivity contribution < 1.29 is 9.18 Å². The van der Waals surface area contributed by atoms with Gasteiger partial charge >= 0.3 is 0 Å². The predicted octanol–water partition coefficient (Wildman–Crippen LogP) is 5.31. The number of hydrogen-bond acceptors (Lipinski definition) is 4. The number of nitrogens with one attached hydrogen (secondary N) is 1. The number of amides is 1. The van der Waals surface area contributed by atoms with E-state index in [1.54, 1.807) is 6.07 Å². The number of pyridine rings is 2. The normalized spacial score (nSPS) is 16.4. The van der Waals surface area contributed by atoms with Gasteiger partial charge in [-0.1, -0.05) is 35.9 Å². The van der Waals surface area contributed by atoms with Crippen molar-refractivity contribution in [2.45, 2.75) is 45.1 Å². The zero-order valence-electron chi connectivity index (χ0n) is 18.1. The molecule has 5 nitrogen and oxygen atoms in total. The number of hydrogen-bond donors (Lipinski definition) is 1. The Morgan fingerprint density at radius 3 is 2.58 bits per heavy atom. The van der Waals surface area contributed by atoms with Crippen LogP contribution in [0.5, 0.6) is 0 Å². The quantitative estimate of drug-likeness (QED) is 0.610. The van der Waals surface area contributed by atoms with E-state index in [-0.39, 0.29) is 17.8 Å². The summed E-state index contributed by atoms with van der Waals surface area (Å²) in [6, 6.07) is 16.7. The summed E-state index contributed by atoms with van der Waals surface area (Å²) >= 11 is 0. The van der Waals surface area contributed by atoms with Crippen molar-refractivity contribution in [2.24, 2.45) is 0 Å². The first-order chi connectivity index (χ1) is 14.8. The van der Waals surface area contributed by atoms with Gasteiger partial charge in [0.15, 0.2) is 0 Å². The van der Waals surface area contributed by atoms with Crippen LogP contribution in [-0.2, 0) is 10.2 Å². The van der Waals surface area contributed by atoms with Crippen molar-refractivity contribution in [2.75, 3.05) is 11.9 Å². The average molecular weight is 419 g/mol. The molecular formula is C25H27FN4O. The number of rotatable bonds is 5. The minimum absolute atomic E-state index is 0.0693. The van der Waals surface area contributed by atoms with Gasteiger partial charge in [0.05, 0.1) is 23.3 Å². The van der Waals surface area contributed by atoms with Gasteiger partial charge in [-0.15, -0.1) is 0 Å². The molecule has 1 aromatic carbocycles. The smallest absolute Gasteiger partial charge is 0.233 e. The number of benzene rings is 1. The number of aromatic nitrogens is 2. The lowest BCUT2D eigenvalue weighted by molar-refractivity contribution is -0.137. The Morgan fingerprint density at radius 1 is 1.10 bits per heavy atom. The van der Waals surface area contributed by atoms with Gasteiger partial charge in [-0.05, 0) is 63.4 Å². The number of halogens is 1. The Morgan fingerprint density at radius 2 is 1.87 bits per heavy atom. The van der Waals surface area contributed by atoms with E-state index in [2.05, 4.69) is 10.3 Å². The van der Waals surface area contributed by atoms with Crippen molar-refractivity contribution in [1.82, 2.24) is 14.9 Å². The molecule has 0 radical (unpaired) electrons. The van der Waals surface area contributed by atoms with E-state index >= 15 is 0 Å². The molecule has 1 N–H and O–H groups in total. The molecule has 1 aliphatic rings. The number of likely N-dealkylation sites (tertiary alicyclic amines) is 1. The monoisotopic (exact) mass is 418 g/mol. The third-order valence-electron chi connectivity index (χ3n) is 5.92. The van der Waals surface area contributed by atoms with E-state index < -0.39 is 5.41 Å². The molecule has 31 heavy (non-hydrogen) atoms. The number of anilines is 2. The Balaban J connectivity index is 1.56. The van der Waals surface area contributed by atoms with Gasteiger partial charge in [0.1, 0.15) is 17.5 Å². The second-order valence-electron chi connectivity index (χ2n) is 8.58. The minimum atomic E-state index is -0.621. The first-order valence-corrected chi connectivity index (χ1v) is 10.6. The fourth-order valence-electron chi connectivity index (χ4n) is 4.06. The third kappa shape index (κ3) is 4.43. The van der Waals surface area contributed by atoms with Crippen LogP contribution in [0.1, 0.15) is 49.6 Å². The van der Waals surface area contributed by atoms with E-state index in [0.717, 1.165) is 36.8 Å². The van der Waals surface area contributed by atoms with Gasteiger partial charge in [0, 0.05) is 6.54 Å². The standard InChI is InChI=1S/C25H27FN4O/c1-17-9-11-18(12-10-17)25(2,3)24(31)30-15-5-7-21(30)20-6-4-8-23(28-20)29-22-14-13-19(26)16-27-22/h4,6,8-14,16,21H,5,7,15H2,1-3H3,(H,27,28,29)/t21-/m1/s1. The summed E-state index contributed by atoms with van der Waals surface area (Å²) in [5.74, 6) is 0.863. The summed E-state index contributed by atoms with van der Waals surface area (Å²) in [7, 11) is 0. The predicted molar refractivity (Wildman–Crippen MR) is 120 cm³/mol. The van der Waals surface area contributed by atoms with Crippen LogP contribution in [0.15, 0.2) is 60.8 Å². The highest BCUT2D eigenvalue weighted by Crippen LogP contribution is 2.36. The maximum absolute atomic E-state index is 13.6. The maximum Gasteiger partial charge on any atom is 0.233 e. The minimum Gasteiger partial charge on any atom is -0.333 e. The van der Waals surface area contributed by atoms with E-state index in [0.29, 0.717) is 11.6 Å². The van der Waals surface area contributed by atoms with Crippen LogP contribution in [0.3, 0.4) is 0 Å². The largest absolute Gasteiger partial charge is 0.333 e. The molecule has 0 spiro atoms. The van der Waals surface area contributed by atoms with Gasteiger partial charge in [0.25, 0.3) is 0 Å². The summed E-state index contributed by atoms with van der Waals surface area (Å²) in [6.45, 7) is 6.74. The Kier molecular flexibility index (Phi) is 5.72. The topological polar surface area (TPSA) is 58.1 Å². The van der Waals surface area contributed by atoms with Crippen molar-refractivity contribution in [1.29, 1.82) is 0 Å². The molecular weight excluding hydrogens is 391 g/mol. The first kappa shape index (κ1) is 21.0. The molecule has 1 saturated heterocycles. The van der Waals surface area contributed by atoms with Crippen LogP contribution in [-0.4, -0.2) is 27.3 Å². The van der Waals surface area contributed by atoms with E-state index in [1.165, 1.54) is 11.6 Å². The summed E-state index contributed by atoms with van der Waals surface area (Å²) in [6.07, 6.45) is 2.98. The van der Waals surface area contributed by atoms with Gasteiger partial charge in [-0.25, -0.2) is 14.4 Å². The molecule has 6 heteroatoms. The van der Waals surface area contributed by atoms with Crippen LogP contribution in [0.2, 0.25) is 0 Å². The lowest BCUT2D eigenvalue weighted by Gasteiger charge is -2.33. The highest BCUT2D eigenvalue weighted by Gasteiger charge is 2.39. The molecule has 4 rings (SSSR count). The molecule has 3 heterocycles. The van der Waals surface area contributed by atoms with E-state index in [1.807, 2.05) is 68.1 Å². The molecule has 1 atom stereocenters. The highest BCUT2D eigenvalue weighted by atomic mass is 19.1. The SMILES string of the molecule is Cc1ccc(C(C)(C)C(=O)N2CCC[C@@H]2c2cccc(Nc3ccc(F)cn3)n2)cc1. The van der Waals surface area contributed by atoms with Crippen LogP contribution in [0, 0.1) is 12.7 Å². The van der Waals surface area contributed by atoms with Crippen molar-refractivity contribution in [3.8, 4) is 0 Å². The lowest BCUT2D eigenvalue weighted by atomic mass is 9.82. The average Bonchev–Trinajstić information content (AvgIpc) is 3.25. The molecule has 1 fully saturated rings. The molecule has 1 amide bonds. The lowest BCUT2D eigenvalue weighted by Crippen LogP contribution is -2.43. The fourth-order valence-corrected chi connectivity index (χ4v) is 4.06.